The number of likely N-dealkylation sites (tertiary alicyclic amines) is 1. The Hall–Kier alpha value is -2.50. The predicted octanol–water partition coefficient (Wildman–Crippen LogP) is 1.96. The van der Waals surface area contributed by atoms with Gasteiger partial charge < -0.3 is 9.47 Å². The zero-order valence-corrected chi connectivity index (χ0v) is 13.1. The molecule has 0 aromatic carbocycles. The minimum atomic E-state index is -0.304. The molecule has 0 bridgehead atoms. The minimum Gasteiger partial charge on any atom is -0.340 e. The third-order valence-corrected chi connectivity index (χ3v) is 4.35. The molecule has 6 nitrogen and oxygen atoms in total. The largest absolute Gasteiger partial charge is 0.340 e. The molecule has 2 aromatic heterocycles. The number of imidazole rings is 1. The number of pyridine rings is 1. The third-order valence-electron chi connectivity index (χ3n) is 4.35. The Morgan fingerprint density at radius 2 is 2.17 bits per heavy atom. The molecule has 1 aliphatic rings. The second-order valence-corrected chi connectivity index (χ2v) is 5.89. The molecule has 2 aromatic rings. The van der Waals surface area contributed by atoms with E-state index in [-0.39, 0.29) is 23.7 Å². The van der Waals surface area contributed by atoms with Gasteiger partial charge in [-0.2, -0.15) is 0 Å². The van der Waals surface area contributed by atoms with E-state index < -0.39 is 0 Å². The normalized spacial score (nSPS) is 19.3. The molecule has 1 aliphatic heterocycles. The lowest BCUT2D eigenvalue weighted by Crippen LogP contribution is -2.44. The summed E-state index contributed by atoms with van der Waals surface area (Å²) in [6.45, 7) is 3.02. The summed E-state index contributed by atoms with van der Waals surface area (Å²) in [6.07, 6.45) is 8.35. The Kier molecular flexibility index (Phi) is 4.50. The summed E-state index contributed by atoms with van der Waals surface area (Å²) < 4.78 is 1.78. The van der Waals surface area contributed by atoms with Gasteiger partial charge in [0.25, 0.3) is 0 Å². The van der Waals surface area contributed by atoms with E-state index in [9.17, 15) is 9.59 Å². The number of Topliss-reactive ketones (excluding diaryl/α,β-unsaturated/α-hetero) is 1. The van der Waals surface area contributed by atoms with Crippen molar-refractivity contribution in [3.05, 3.63) is 48.8 Å². The zero-order valence-electron chi connectivity index (χ0n) is 13.1. The summed E-state index contributed by atoms with van der Waals surface area (Å²) in [5, 5.41) is 0. The number of carbonyl (C=O) groups excluding carboxylic acids is 2. The highest BCUT2D eigenvalue weighted by Gasteiger charge is 2.31. The van der Waals surface area contributed by atoms with Crippen LogP contribution in [0, 0.1) is 5.92 Å². The van der Waals surface area contributed by atoms with Crippen LogP contribution in [0.1, 0.15) is 36.3 Å². The number of amides is 1. The van der Waals surface area contributed by atoms with Crippen molar-refractivity contribution in [1.29, 1.82) is 0 Å². The molecule has 120 valence electrons. The molecule has 0 spiro atoms. The maximum atomic E-state index is 12.7. The molecular formula is C17H20N4O2. The van der Waals surface area contributed by atoms with E-state index in [0.29, 0.717) is 18.8 Å². The van der Waals surface area contributed by atoms with Crippen LogP contribution in [0.2, 0.25) is 0 Å². The molecule has 1 saturated heterocycles. The summed E-state index contributed by atoms with van der Waals surface area (Å²) >= 11 is 0. The van der Waals surface area contributed by atoms with Gasteiger partial charge in [0, 0.05) is 37.6 Å². The fourth-order valence-electron chi connectivity index (χ4n) is 3.00. The van der Waals surface area contributed by atoms with Crippen molar-refractivity contribution in [2.75, 3.05) is 13.1 Å². The maximum absolute atomic E-state index is 12.7. The highest BCUT2D eigenvalue weighted by Crippen LogP contribution is 2.22. The van der Waals surface area contributed by atoms with E-state index in [1.54, 1.807) is 46.5 Å². The highest BCUT2D eigenvalue weighted by molar-refractivity contribution is 5.96. The second-order valence-electron chi connectivity index (χ2n) is 5.89. The summed E-state index contributed by atoms with van der Waals surface area (Å²) in [6, 6.07) is 5.03. The smallest absolute Gasteiger partial charge is 0.245 e. The fourth-order valence-corrected chi connectivity index (χ4v) is 3.00. The van der Waals surface area contributed by atoms with Gasteiger partial charge in [-0.05, 0) is 31.9 Å². The van der Waals surface area contributed by atoms with Gasteiger partial charge in [-0.15, -0.1) is 0 Å². The molecule has 0 saturated carbocycles. The van der Waals surface area contributed by atoms with Crippen molar-refractivity contribution in [3.8, 4) is 0 Å². The molecular weight excluding hydrogens is 292 g/mol. The van der Waals surface area contributed by atoms with Crippen LogP contribution in [0.15, 0.2) is 43.1 Å². The van der Waals surface area contributed by atoms with E-state index in [0.717, 1.165) is 12.8 Å². The molecule has 1 amide bonds. The number of nitrogens with zero attached hydrogens (tertiary/aromatic N) is 4. The van der Waals surface area contributed by atoms with Crippen LogP contribution in [-0.2, 0) is 4.79 Å². The number of ketones is 1. The third kappa shape index (κ3) is 3.31. The van der Waals surface area contributed by atoms with Crippen molar-refractivity contribution in [3.63, 3.8) is 0 Å². The van der Waals surface area contributed by atoms with Crippen molar-refractivity contribution < 1.29 is 9.59 Å². The molecule has 6 heteroatoms. The fraction of sp³-hybridized carbons (Fsp3) is 0.412. The van der Waals surface area contributed by atoms with Crippen molar-refractivity contribution in [2.24, 2.45) is 5.92 Å². The maximum Gasteiger partial charge on any atom is 0.245 e. The lowest BCUT2D eigenvalue weighted by molar-refractivity contribution is -0.135. The Bertz CT molecular complexity index is 669. The lowest BCUT2D eigenvalue weighted by Gasteiger charge is -2.33. The lowest BCUT2D eigenvalue weighted by atomic mass is 9.91. The second kappa shape index (κ2) is 6.73. The van der Waals surface area contributed by atoms with Gasteiger partial charge in [0.2, 0.25) is 5.91 Å². The monoisotopic (exact) mass is 312 g/mol. The van der Waals surface area contributed by atoms with E-state index in [2.05, 4.69) is 9.97 Å². The van der Waals surface area contributed by atoms with Crippen molar-refractivity contribution in [2.45, 2.75) is 25.8 Å². The number of aromatic nitrogens is 3. The van der Waals surface area contributed by atoms with Gasteiger partial charge in [-0.1, -0.05) is 6.07 Å². The van der Waals surface area contributed by atoms with Gasteiger partial charge in [0.05, 0.1) is 6.33 Å². The summed E-state index contributed by atoms with van der Waals surface area (Å²) in [5.74, 6) is -0.113. The Morgan fingerprint density at radius 1 is 1.30 bits per heavy atom. The van der Waals surface area contributed by atoms with Crippen LogP contribution in [0.3, 0.4) is 0 Å². The first-order valence-electron chi connectivity index (χ1n) is 7.88. The van der Waals surface area contributed by atoms with Crippen LogP contribution in [0.5, 0.6) is 0 Å². The summed E-state index contributed by atoms with van der Waals surface area (Å²) in [7, 11) is 0. The van der Waals surface area contributed by atoms with E-state index >= 15 is 0 Å². The summed E-state index contributed by atoms with van der Waals surface area (Å²) in [5.41, 5.74) is 0.481. The van der Waals surface area contributed by atoms with Crippen molar-refractivity contribution >= 4 is 11.7 Å². The molecule has 2 unspecified atom stereocenters. The topological polar surface area (TPSA) is 68.1 Å². The number of hydrogen-bond donors (Lipinski definition) is 0. The number of piperidine rings is 1. The first-order valence-corrected chi connectivity index (χ1v) is 7.88. The quantitative estimate of drug-likeness (QED) is 0.809. The first kappa shape index (κ1) is 15.4. The molecule has 0 radical (unpaired) electrons. The van der Waals surface area contributed by atoms with Gasteiger partial charge in [0.15, 0.2) is 5.78 Å². The Labute approximate surface area is 135 Å². The van der Waals surface area contributed by atoms with Gasteiger partial charge in [0.1, 0.15) is 11.7 Å². The van der Waals surface area contributed by atoms with Crippen LogP contribution in [-0.4, -0.2) is 44.2 Å². The molecule has 1 fully saturated rings. The van der Waals surface area contributed by atoms with Gasteiger partial charge in [-0.3, -0.25) is 14.6 Å². The number of hydrogen-bond acceptors (Lipinski definition) is 4. The standard InChI is InChI=1S/C17H20N4O2/c1-13(21-10-8-18-12-21)17(23)20-9-4-5-14(11-20)16(22)15-6-2-3-7-19-15/h2-3,6-8,10,12-14H,4-5,9,11H2,1H3. The van der Waals surface area contributed by atoms with Crippen LogP contribution in [0.25, 0.3) is 0 Å². The number of carbonyl (C=O) groups is 2. The molecule has 3 heterocycles. The minimum absolute atomic E-state index is 0.0263. The van der Waals surface area contributed by atoms with E-state index in [4.69, 9.17) is 0 Å². The van der Waals surface area contributed by atoms with Crippen LogP contribution < -0.4 is 0 Å². The SMILES string of the molecule is CC(C(=O)N1CCCC(C(=O)c2ccccn2)C1)n1ccnc1. The average molecular weight is 312 g/mol. The van der Waals surface area contributed by atoms with E-state index in [1.807, 2.05) is 13.0 Å². The van der Waals surface area contributed by atoms with Gasteiger partial charge in [-0.25, -0.2) is 4.98 Å². The Balaban J connectivity index is 1.68. The highest BCUT2D eigenvalue weighted by atomic mass is 16.2. The molecule has 23 heavy (non-hydrogen) atoms. The van der Waals surface area contributed by atoms with E-state index in [1.165, 1.54) is 0 Å². The van der Waals surface area contributed by atoms with Crippen molar-refractivity contribution in [1.82, 2.24) is 19.4 Å². The molecule has 3 rings (SSSR count). The molecule has 2 atom stereocenters. The number of rotatable bonds is 4. The Morgan fingerprint density at radius 3 is 2.87 bits per heavy atom. The van der Waals surface area contributed by atoms with Crippen LogP contribution in [0.4, 0.5) is 0 Å². The molecule has 0 N–H and O–H groups in total. The van der Waals surface area contributed by atoms with Crippen LogP contribution >= 0.6 is 0 Å². The van der Waals surface area contributed by atoms with Gasteiger partial charge >= 0.3 is 0 Å². The summed E-state index contributed by atoms with van der Waals surface area (Å²) in [4.78, 5) is 35.1. The predicted molar refractivity (Wildman–Crippen MR) is 84.8 cm³/mol. The average Bonchev–Trinajstić information content (AvgIpc) is 3.15. The first-order chi connectivity index (χ1) is 11.2. The zero-order chi connectivity index (χ0) is 16.2. The molecule has 0 aliphatic carbocycles.